The molecule has 4 nitrogen and oxygen atoms in total. The van der Waals surface area contributed by atoms with Crippen molar-refractivity contribution in [3.63, 3.8) is 0 Å². The summed E-state index contributed by atoms with van der Waals surface area (Å²) in [5, 5.41) is 9.14. The SMILES string of the molecule is CN(CC1CCOCC1)C(=O)C1(C#N)CCC1. The highest BCUT2D eigenvalue weighted by atomic mass is 16.5. The zero-order valence-corrected chi connectivity index (χ0v) is 10.4. The van der Waals surface area contributed by atoms with Crippen molar-refractivity contribution in [1.82, 2.24) is 4.90 Å². The summed E-state index contributed by atoms with van der Waals surface area (Å²) in [7, 11) is 1.83. The lowest BCUT2D eigenvalue weighted by molar-refractivity contribution is -0.142. The minimum absolute atomic E-state index is 0.0257. The number of carbonyl (C=O) groups excluding carboxylic acids is 1. The Morgan fingerprint density at radius 3 is 2.59 bits per heavy atom. The molecular formula is C13H20N2O2. The summed E-state index contributed by atoms with van der Waals surface area (Å²) in [6, 6.07) is 2.22. The fourth-order valence-corrected chi connectivity index (χ4v) is 2.67. The second-order valence-electron chi connectivity index (χ2n) is 5.29. The second-order valence-corrected chi connectivity index (χ2v) is 5.29. The molecule has 0 aromatic heterocycles. The quantitative estimate of drug-likeness (QED) is 0.747. The number of nitriles is 1. The molecule has 0 bridgehead atoms. The van der Waals surface area contributed by atoms with E-state index in [0.717, 1.165) is 51.9 Å². The van der Waals surface area contributed by atoms with E-state index >= 15 is 0 Å². The van der Waals surface area contributed by atoms with E-state index in [4.69, 9.17) is 10.00 Å². The van der Waals surface area contributed by atoms with Crippen LogP contribution >= 0.6 is 0 Å². The van der Waals surface area contributed by atoms with Crippen LogP contribution in [0.15, 0.2) is 0 Å². The maximum Gasteiger partial charge on any atom is 0.242 e. The molecule has 1 aliphatic carbocycles. The zero-order chi connectivity index (χ0) is 12.3. The van der Waals surface area contributed by atoms with Crippen molar-refractivity contribution in [3.05, 3.63) is 0 Å². The molecule has 2 rings (SSSR count). The summed E-state index contributed by atoms with van der Waals surface area (Å²) in [6.07, 6.45) is 4.53. The number of ether oxygens (including phenoxy) is 1. The van der Waals surface area contributed by atoms with E-state index < -0.39 is 5.41 Å². The third-order valence-corrected chi connectivity index (χ3v) is 4.05. The van der Waals surface area contributed by atoms with Gasteiger partial charge in [0.05, 0.1) is 6.07 Å². The molecule has 1 saturated carbocycles. The molecule has 0 radical (unpaired) electrons. The van der Waals surface area contributed by atoms with Crippen LogP contribution in [0.1, 0.15) is 32.1 Å². The van der Waals surface area contributed by atoms with Crippen molar-refractivity contribution < 1.29 is 9.53 Å². The van der Waals surface area contributed by atoms with Crippen LogP contribution in [-0.2, 0) is 9.53 Å². The lowest BCUT2D eigenvalue weighted by Crippen LogP contribution is -2.47. The molecule has 1 saturated heterocycles. The van der Waals surface area contributed by atoms with Gasteiger partial charge in [-0.2, -0.15) is 5.26 Å². The Morgan fingerprint density at radius 1 is 1.47 bits per heavy atom. The smallest absolute Gasteiger partial charge is 0.242 e. The van der Waals surface area contributed by atoms with Gasteiger partial charge in [-0.3, -0.25) is 4.79 Å². The third-order valence-electron chi connectivity index (χ3n) is 4.05. The fourth-order valence-electron chi connectivity index (χ4n) is 2.67. The van der Waals surface area contributed by atoms with E-state index in [2.05, 4.69) is 6.07 Å². The van der Waals surface area contributed by atoms with Crippen LogP contribution in [0.3, 0.4) is 0 Å². The van der Waals surface area contributed by atoms with Crippen LogP contribution in [0.5, 0.6) is 0 Å². The van der Waals surface area contributed by atoms with Gasteiger partial charge in [0.25, 0.3) is 0 Å². The minimum Gasteiger partial charge on any atom is -0.381 e. The average Bonchev–Trinajstić information content (AvgIpc) is 2.29. The van der Waals surface area contributed by atoms with E-state index in [1.165, 1.54) is 0 Å². The molecule has 94 valence electrons. The molecular weight excluding hydrogens is 216 g/mol. The third kappa shape index (κ3) is 2.44. The van der Waals surface area contributed by atoms with Gasteiger partial charge in [0.1, 0.15) is 5.41 Å². The van der Waals surface area contributed by atoms with E-state index in [1.807, 2.05) is 7.05 Å². The van der Waals surface area contributed by atoms with E-state index in [0.29, 0.717) is 5.92 Å². The summed E-state index contributed by atoms with van der Waals surface area (Å²) >= 11 is 0. The van der Waals surface area contributed by atoms with Gasteiger partial charge in [0, 0.05) is 26.8 Å². The zero-order valence-electron chi connectivity index (χ0n) is 10.4. The highest BCUT2D eigenvalue weighted by molar-refractivity contribution is 5.86. The minimum atomic E-state index is -0.695. The predicted octanol–water partition coefficient (Wildman–Crippen LogP) is 1.57. The largest absolute Gasteiger partial charge is 0.381 e. The van der Waals surface area contributed by atoms with E-state index in [-0.39, 0.29) is 5.91 Å². The molecule has 0 N–H and O–H groups in total. The van der Waals surface area contributed by atoms with Crippen molar-refractivity contribution in [3.8, 4) is 6.07 Å². The van der Waals surface area contributed by atoms with Crippen molar-refractivity contribution in [2.45, 2.75) is 32.1 Å². The second kappa shape index (κ2) is 5.05. The molecule has 17 heavy (non-hydrogen) atoms. The molecule has 4 heteroatoms. The monoisotopic (exact) mass is 236 g/mol. The normalized spacial score (nSPS) is 23.5. The average molecular weight is 236 g/mol. The van der Waals surface area contributed by atoms with E-state index in [9.17, 15) is 4.79 Å². The molecule has 0 aromatic carbocycles. The van der Waals surface area contributed by atoms with Gasteiger partial charge in [0.15, 0.2) is 0 Å². The molecule has 1 amide bonds. The Kier molecular flexibility index (Phi) is 3.68. The van der Waals surface area contributed by atoms with Crippen molar-refractivity contribution in [1.29, 1.82) is 5.26 Å². The predicted molar refractivity (Wildman–Crippen MR) is 63.1 cm³/mol. The molecule has 0 atom stereocenters. The summed E-state index contributed by atoms with van der Waals surface area (Å²) in [5.41, 5.74) is -0.695. The molecule has 2 aliphatic rings. The van der Waals surface area contributed by atoms with Crippen LogP contribution in [0.25, 0.3) is 0 Å². The van der Waals surface area contributed by atoms with Gasteiger partial charge in [0.2, 0.25) is 5.91 Å². The number of rotatable bonds is 3. The van der Waals surface area contributed by atoms with Gasteiger partial charge in [-0.15, -0.1) is 0 Å². The molecule has 1 aliphatic heterocycles. The van der Waals surface area contributed by atoms with Crippen molar-refractivity contribution in [2.75, 3.05) is 26.8 Å². The standard InChI is InChI=1S/C13H20N2O2/c1-15(9-11-3-7-17-8-4-11)12(16)13(10-14)5-2-6-13/h11H,2-9H2,1H3. The number of hydrogen-bond donors (Lipinski definition) is 0. The molecule has 1 heterocycles. The lowest BCUT2D eigenvalue weighted by Gasteiger charge is -2.38. The molecule has 0 aromatic rings. The van der Waals surface area contributed by atoms with Crippen LogP contribution in [-0.4, -0.2) is 37.6 Å². The van der Waals surface area contributed by atoms with Crippen LogP contribution in [0.2, 0.25) is 0 Å². The Bertz CT molecular complexity index is 325. The van der Waals surface area contributed by atoms with Gasteiger partial charge in [-0.25, -0.2) is 0 Å². The van der Waals surface area contributed by atoms with E-state index in [1.54, 1.807) is 4.90 Å². The summed E-state index contributed by atoms with van der Waals surface area (Å²) in [4.78, 5) is 14.0. The highest BCUT2D eigenvalue weighted by Crippen LogP contribution is 2.41. The van der Waals surface area contributed by atoms with Crippen LogP contribution in [0.4, 0.5) is 0 Å². The van der Waals surface area contributed by atoms with Gasteiger partial charge in [-0.1, -0.05) is 0 Å². The summed E-state index contributed by atoms with van der Waals surface area (Å²) in [6.45, 7) is 2.37. The van der Waals surface area contributed by atoms with Crippen LogP contribution < -0.4 is 0 Å². The Morgan fingerprint density at radius 2 is 2.12 bits per heavy atom. The maximum absolute atomic E-state index is 12.2. The first kappa shape index (κ1) is 12.4. The first-order valence-electron chi connectivity index (χ1n) is 6.42. The number of amides is 1. The summed E-state index contributed by atoms with van der Waals surface area (Å²) in [5.74, 6) is 0.561. The molecule has 2 fully saturated rings. The summed E-state index contributed by atoms with van der Waals surface area (Å²) < 4.78 is 5.31. The number of hydrogen-bond acceptors (Lipinski definition) is 3. The Hall–Kier alpha value is -1.08. The number of nitrogens with zero attached hydrogens (tertiary/aromatic N) is 2. The van der Waals surface area contributed by atoms with Crippen LogP contribution in [0, 0.1) is 22.7 Å². The first-order valence-corrected chi connectivity index (χ1v) is 6.42. The Balaban J connectivity index is 1.88. The Labute approximate surface area is 103 Å². The first-order chi connectivity index (χ1) is 8.18. The van der Waals surface area contributed by atoms with Crippen molar-refractivity contribution in [2.24, 2.45) is 11.3 Å². The fraction of sp³-hybridized carbons (Fsp3) is 0.846. The maximum atomic E-state index is 12.2. The van der Waals surface area contributed by atoms with Gasteiger partial charge >= 0.3 is 0 Å². The number of carbonyl (C=O) groups is 1. The molecule has 0 unspecified atom stereocenters. The highest BCUT2D eigenvalue weighted by Gasteiger charge is 2.46. The lowest BCUT2D eigenvalue weighted by atomic mass is 9.69. The van der Waals surface area contributed by atoms with Gasteiger partial charge in [-0.05, 0) is 38.0 Å². The van der Waals surface area contributed by atoms with Crippen molar-refractivity contribution >= 4 is 5.91 Å². The topological polar surface area (TPSA) is 53.3 Å². The molecule has 0 spiro atoms. The van der Waals surface area contributed by atoms with Gasteiger partial charge < -0.3 is 9.64 Å².